The van der Waals surface area contributed by atoms with Gasteiger partial charge in [0, 0.05) is 17.9 Å². The summed E-state index contributed by atoms with van der Waals surface area (Å²) in [5.74, 6) is 0. The summed E-state index contributed by atoms with van der Waals surface area (Å²) in [7, 11) is 0. The van der Waals surface area contributed by atoms with Crippen molar-refractivity contribution in [3.05, 3.63) is 22.5 Å². The highest BCUT2D eigenvalue weighted by Crippen LogP contribution is 2.28. The van der Waals surface area contributed by atoms with Gasteiger partial charge in [0.2, 0.25) is 0 Å². The zero-order valence-corrected chi connectivity index (χ0v) is 9.69. The van der Waals surface area contributed by atoms with E-state index < -0.39 is 0 Å². The first kappa shape index (κ1) is 9.82. The highest BCUT2D eigenvalue weighted by atomic mass is 15.0. The molecule has 1 aliphatic carbocycles. The Morgan fingerprint density at radius 1 is 1.07 bits per heavy atom. The van der Waals surface area contributed by atoms with Crippen LogP contribution >= 0.6 is 0 Å². The molecule has 0 unspecified atom stereocenters. The summed E-state index contributed by atoms with van der Waals surface area (Å²) in [4.78, 5) is 0. The van der Waals surface area contributed by atoms with Crippen molar-refractivity contribution in [3.8, 4) is 0 Å². The van der Waals surface area contributed by atoms with Crippen molar-refractivity contribution in [2.24, 2.45) is 0 Å². The Bertz CT molecular complexity index is 333. The topological polar surface area (TPSA) is 4.93 Å². The first-order chi connectivity index (χ1) is 6.75. The molecule has 0 aliphatic heterocycles. The molecule has 0 aromatic carbocycles. The van der Waals surface area contributed by atoms with Crippen LogP contribution in [-0.2, 0) is 19.4 Å². The van der Waals surface area contributed by atoms with Gasteiger partial charge in [0.15, 0.2) is 0 Å². The van der Waals surface area contributed by atoms with Crippen LogP contribution in [-0.4, -0.2) is 4.57 Å². The van der Waals surface area contributed by atoms with Crippen LogP contribution in [0.4, 0.5) is 0 Å². The number of nitrogens with zero attached hydrogens (tertiary/aromatic N) is 1. The number of rotatable bonds is 1. The van der Waals surface area contributed by atoms with Gasteiger partial charge in [-0.3, -0.25) is 0 Å². The molecule has 0 amide bonds. The predicted octanol–water partition coefficient (Wildman–Crippen LogP) is 3.39. The number of hydrogen-bond donors (Lipinski definition) is 0. The molecule has 2 rings (SSSR count). The molecule has 0 fully saturated rings. The van der Waals surface area contributed by atoms with Gasteiger partial charge in [0.25, 0.3) is 0 Å². The molecule has 0 radical (unpaired) electrons. The first-order valence-electron chi connectivity index (χ1n) is 5.93. The molecule has 0 atom stereocenters. The molecular formula is C13H21N. The lowest BCUT2D eigenvalue weighted by atomic mass is 10.1. The summed E-state index contributed by atoms with van der Waals surface area (Å²) >= 11 is 0. The van der Waals surface area contributed by atoms with E-state index in [0.717, 1.165) is 6.54 Å². The van der Waals surface area contributed by atoms with E-state index in [0.29, 0.717) is 0 Å². The predicted molar refractivity (Wildman–Crippen MR) is 60.8 cm³/mol. The zero-order valence-electron chi connectivity index (χ0n) is 9.69. The normalized spacial score (nSPS) is 16.5. The van der Waals surface area contributed by atoms with E-state index in [-0.39, 0.29) is 0 Å². The van der Waals surface area contributed by atoms with Gasteiger partial charge in [-0.05, 0) is 57.6 Å². The monoisotopic (exact) mass is 191 g/mol. The molecule has 1 nitrogen and oxygen atoms in total. The maximum atomic E-state index is 2.52. The molecule has 78 valence electrons. The highest BCUT2D eigenvalue weighted by molar-refractivity contribution is 5.38. The van der Waals surface area contributed by atoms with E-state index in [1.54, 1.807) is 16.8 Å². The molecule has 1 aromatic rings. The number of aromatic nitrogens is 1. The van der Waals surface area contributed by atoms with Gasteiger partial charge in [-0.15, -0.1) is 0 Å². The number of hydrogen-bond acceptors (Lipinski definition) is 0. The summed E-state index contributed by atoms with van der Waals surface area (Å²) in [6.07, 6.45) is 6.81. The third kappa shape index (κ3) is 1.39. The van der Waals surface area contributed by atoms with Crippen LogP contribution in [0.1, 0.15) is 48.7 Å². The van der Waals surface area contributed by atoms with Crippen LogP contribution in [0.2, 0.25) is 0 Å². The summed E-state index contributed by atoms with van der Waals surface area (Å²) in [6.45, 7) is 7.97. The van der Waals surface area contributed by atoms with Crippen molar-refractivity contribution in [2.45, 2.75) is 59.4 Å². The van der Waals surface area contributed by atoms with Crippen LogP contribution in [0.3, 0.4) is 0 Å². The van der Waals surface area contributed by atoms with E-state index in [1.807, 2.05) is 0 Å². The maximum Gasteiger partial charge on any atom is 0.0212 e. The minimum absolute atomic E-state index is 1.14. The lowest BCUT2D eigenvalue weighted by Crippen LogP contribution is -2.03. The van der Waals surface area contributed by atoms with E-state index in [1.165, 1.54) is 37.8 Å². The van der Waals surface area contributed by atoms with Crippen molar-refractivity contribution < 1.29 is 0 Å². The molecule has 0 saturated heterocycles. The Balaban J connectivity index is 2.52. The Kier molecular flexibility index (Phi) is 2.66. The third-order valence-corrected chi connectivity index (χ3v) is 3.73. The Labute approximate surface area is 87.1 Å². The molecule has 1 aromatic heterocycles. The molecule has 1 heterocycles. The minimum Gasteiger partial charge on any atom is -0.349 e. The van der Waals surface area contributed by atoms with Crippen LogP contribution < -0.4 is 0 Å². The van der Waals surface area contributed by atoms with E-state index in [9.17, 15) is 0 Å². The highest BCUT2D eigenvalue weighted by Gasteiger charge is 2.17. The summed E-state index contributed by atoms with van der Waals surface area (Å²) in [5, 5.41) is 0. The van der Waals surface area contributed by atoms with Crippen molar-refractivity contribution >= 4 is 0 Å². The molecule has 0 bridgehead atoms. The molecular weight excluding hydrogens is 170 g/mol. The smallest absolute Gasteiger partial charge is 0.0212 e. The van der Waals surface area contributed by atoms with Gasteiger partial charge in [0.05, 0.1) is 0 Å². The first-order valence-corrected chi connectivity index (χ1v) is 5.93. The van der Waals surface area contributed by atoms with E-state index in [4.69, 9.17) is 0 Å². The standard InChI is InChI=1S/C13H21N/c1-4-14-11(3)10(2)12-8-6-5-7-9-13(12)14/h4-9H2,1-3H3. The zero-order chi connectivity index (χ0) is 10.1. The summed E-state index contributed by atoms with van der Waals surface area (Å²) in [5.41, 5.74) is 6.37. The van der Waals surface area contributed by atoms with Crippen LogP contribution in [0.15, 0.2) is 0 Å². The second-order valence-corrected chi connectivity index (χ2v) is 4.44. The van der Waals surface area contributed by atoms with Crippen LogP contribution in [0, 0.1) is 13.8 Å². The molecule has 0 spiro atoms. The SMILES string of the molecule is CCn1c(C)c(C)c2c1CCCCC2. The van der Waals surface area contributed by atoms with Crippen molar-refractivity contribution in [3.63, 3.8) is 0 Å². The molecule has 0 N–H and O–H groups in total. The fraction of sp³-hybridized carbons (Fsp3) is 0.692. The van der Waals surface area contributed by atoms with Gasteiger partial charge in [-0.25, -0.2) is 0 Å². The second kappa shape index (κ2) is 3.80. The number of fused-ring (bicyclic) bond motifs is 1. The summed E-state index contributed by atoms with van der Waals surface area (Å²) < 4.78 is 2.52. The molecule has 1 aliphatic rings. The summed E-state index contributed by atoms with van der Waals surface area (Å²) in [6, 6.07) is 0. The largest absolute Gasteiger partial charge is 0.349 e. The van der Waals surface area contributed by atoms with Gasteiger partial charge in [-0.1, -0.05) is 6.42 Å². The lowest BCUT2D eigenvalue weighted by Gasteiger charge is -2.08. The van der Waals surface area contributed by atoms with Gasteiger partial charge >= 0.3 is 0 Å². The van der Waals surface area contributed by atoms with Gasteiger partial charge < -0.3 is 4.57 Å². The van der Waals surface area contributed by atoms with Crippen molar-refractivity contribution in [1.82, 2.24) is 4.57 Å². The Morgan fingerprint density at radius 3 is 2.50 bits per heavy atom. The molecule has 14 heavy (non-hydrogen) atoms. The Hall–Kier alpha value is -0.720. The van der Waals surface area contributed by atoms with E-state index in [2.05, 4.69) is 25.3 Å². The van der Waals surface area contributed by atoms with E-state index >= 15 is 0 Å². The molecule has 1 heteroatoms. The van der Waals surface area contributed by atoms with Crippen LogP contribution in [0.25, 0.3) is 0 Å². The fourth-order valence-corrected chi connectivity index (χ4v) is 2.82. The maximum absolute atomic E-state index is 2.52. The van der Waals surface area contributed by atoms with Gasteiger partial charge in [0.1, 0.15) is 0 Å². The quantitative estimate of drug-likeness (QED) is 0.600. The lowest BCUT2D eigenvalue weighted by molar-refractivity contribution is 0.656. The second-order valence-electron chi connectivity index (χ2n) is 4.44. The fourth-order valence-electron chi connectivity index (χ4n) is 2.82. The van der Waals surface area contributed by atoms with Gasteiger partial charge in [-0.2, -0.15) is 0 Å². The average molecular weight is 191 g/mol. The average Bonchev–Trinajstić information content (AvgIpc) is 2.40. The van der Waals surface area contributed by atoms with Crippen molar-refractivity contribution in [1.29, 1.82) is 0 Å². The Morgan fingerprint density at radius 2 is 1.79 bits per heavy atom. The van der Waals surface area contributed by atoms with Crippen molar-refractivity contribution in [2.75, 3.05) is 0 Å². The molecule has 0 saturated carbocycles. The van der Waals surface area contributed by atoms with Crippen LogP contribution in [0.5, 0.6) is 0 Å². The minimum atomic E-state index is 1.14. The third-order valence-electron chi connectivity index (χ3n) is 3.73.